The van der Waals surface area contributed by atoms with Gasteiger partial charge in [0.1, 0.15) is 17.3 Å². The molecule has 2 aliphatic rings. The summed E-state index contributed by atoms with van der Waals surface area (Å²) in [5.74, 6) is 2.51. The SMILES string of the molecule is CN1CCN(c2cc(-c3cc(Oc4ccc5nc(NC=C6CCc7ccccc76)sc5c4)ccn3)ccn2)CC1. The number of rotatable bonds is 6. The predicted molar refractivity (Wildman–Crippen MR) is 163 cm³/mol. The van der Waals surface area contributed by atoms with E-state index in [2.05, 4.69) is 68.7 Å². The van der Waals surface area contributed by atoms with E-state index >= 15 is 0 Å². The van der Waals surface area contributed by atoms with Crippen molar-refractivity contribution in [1.82, 2.24) is 19.9 Å². The zero-order chi connectivity index (χ0) is 26.9. The molecule has 4 heterocycles. The first-order valence-electron chi connectivity index (χ1n) is 13.7. The summed E-state index contributed by atoms with van der Waals surface area (Å²) in [6, 6.07) is 22.7. The zero-order valence-corrected chi connectivity index (χ0v) is 23.2. The molecule has 0 spiro atoms. The fourth-order valence-corrected chi connectivity index (χ4v) is 6.20. The van der Waals surface area contributed by atoms with Gasteiger partial charge >= 0.3 is 0 Å². The lowest BCUT2D eigenvalue weighted by Gasteiger charge is -2.33. The van der Waals surface area contributed by atoms with Gasteiger partial charge in [-0.3, -0.25) is 4.98 Å². The molecule has 5 aromatic rings. The van der Waals surface area contributed by atoms with E-state index in [9.17, 15) is 0 Å². The summed E-state index contributed by atoms with van der Waals surface area (Å²) < 4.78 is 7.35. The lowest BCUT2D eigenvalue weighted by molar-refractivity contribution is 0.312. The molecule has 1 aliphatic carbocycles. The highest BCUT2D eigenvalue weighted by Crippen LogP contribution is 2.35. The maximum absolute atomic E-state index is 6.27. The number of piperazine rings is 1. The number of hydrogen-bond acceptors (Lipinski definition) is 8. The second kappa shape index (κ2) is 10.7. The van der Waals surface area contributed by atoms with E-state index in [-0.39, 0.29) is 0 Å². The molecule has 0 bridgehead atoms. The van der Waals surface area contributed by atoms with Crippen LogP contribution in [-0.2, 0) is 6.42 Å². The van der Waals surface area contributed by atoms with Crippen molar-refractivity contribution in [3.8, 4) is 22.8 Å². The Morgan fingerprint density at radius 2 is 1.73 bits per heavy atom. The number of pyridine rings is 2. The number of nitrogens with one attached hydrogen (secondary N) is 1. The van der Waals surface area contributed by atoms with Crippen molar-refractivity contribution in [2.45, 2.75) is 12.8 Å². The Balaban J connectivity index is 1.07. The molecule has 0 atom stereocenters. The molecule has 1 aliphatic heterocycles. The molecule has 3 aromatic heterocycles. The average Bonchev–Trinajstić information content (AvgIpc) is 3.60. The highest BCUT2D eigenvalue weighted by Gasteiger charge is 2.17. The number of nitrogens with zero attached hydrogens (tertiary/aromatic N) is 5. The van der Waals surface area contributed by atoms with E-state index in [1.807, 2.05) is 42.6 Å². The van der Waals surface area contributed by atoms with E-state index in [4.69, 9.17) is 9.72 Å². The van der Waals surface area contributed by atoms with Crippen LogP contribution in [0.4, 0.5) is 10.9 Å². The van der Waals surface area contributed by atoms with Crippen LogP contribution in [0.5, 0.6) is 11.5 Å². The number of hydrogen-bond donors (Lipinski definition) is 1. The number of benzene rings is 2. The van der Waals surface area contributed by atoms with Gasteiger partial charge in [0.2, 0.25) is 0 Å². The lowest BCUT2D eigenvalue weighted by Crippen LogP contribution is -2.44. The van der Waals surface area contributed by atoms with E-state index < -0.39 is 0 Å². The Kier molecular flexibility index (Phi) is 6.63. The molecular formula is C32H30N6OS. The minimum absolute atomic E-state index is 0.745. The summed E-state index contributed by atoms with van der Waals surface area (Å²) >= 11 is 1.63. The van der Waals surface area contributed by atoms with Crippen LogP contribution in [0.1, 0.15) is 17.5 Å². The van der Waals surface area contributed by atoms with Crippen molar-refractivity contribution in [3.63, 3.8) is 0 Å². The van der Waals surface area contributed by atoms with Gasteiger partial charge in [0, 0.05) is 62.5 Å². The molecule has 1 N–H and O–H groups in total. The number of fused-ring (bicyclic) bond motifs is 2. The van der Waals surface area contributed by atoms with Gasteiger partial charge in [-0.2, -0.15) is 0 Å². The average molecular weight is 547 g/mol. The number of ether oxygens (including phenoxy) is 1. The molecule has 8 heteroatoms. The second-order valence-corrected chi connectivity index (χ2v) is 11.3. The van der Waals surface area contributed by atoms with Gasteiger partial charge in [0.05, 0.1) is 15.9 Å². The van der Waals surface area contributed by atoms with Crippen LogP contribution in [0, 0.1) is 0 Å². The van der Waals surface area contributed by atoms with Gasteiger partial charge < -0.3 is 19.9 Å². The van der Waals surface area contributed by atoms with Crippen LogP contribution in [0.25, 0.3) is 27.0 Å². The lowest BCUT2D eigenvalue weighted by atomic mass is 10.1. The summed E-state index contributed by atoms with van der Waals surface area (Å²) in [5.41, 5.74) is 6.93. The Bertz CT molecular complexity index is 1710. The van der Waals surface area contributed by atoms with E-state index in [1.165, 1.54) is 16.7 Å². The summed E-state index contributed by atoms with van der Waals surface area (Å²) in [4.78, 5) is 18.7. The number of aromatic nitrogens is 3. The molecule has 0 unspecified atom stereocenters. The van der Waals surface area contributed by atoms with Crippen molar-refractivity contribution in [2.24, 2.45) is 0 Å². The third kappa shape index (κ3) is 5.15. The topological polar surface area (TPSA) is 66.4 Å². The third-order valence-electron chi connectivity index (χ3n) is 7.59. The fraction of sp³-hybridized carbons (Fsp3) is 0.219. The minimum atomic E-state index is 0.745. The Morgan fingerprint density at radius 3 is 2.65 bits per heavy atom. The number of allylic oxidation sites excluding steroid dienone is 1. The first-order chi connectivity index (χ1) is 19.7. The largest absolute Gasteiger partial charge is 0.457 e. The summed E-state index contributed by atoms with van der Waals surface area (Å²) in [7, 11) is 2.16. The van der Waals surface area contributed by atoms with Gasteiger partial charge in [-0.25, -0.2) is 9.97 Å². The first-order valence-corrected chi connectivity index (χ1v) is 14.5. The zero-order valence-electron chi connectivity index (χ0n) is 22.4. The number of thiazole rings is 1. The summed E-state index contributed by atoms with van der Waals surface area (Å²) in [6.45, 7) is 4.04. The van der Waals surface area contributed by atoms with Gasteiger partial charge in [0.25, 0.3) is 0 Å². The molecule has 40 heavy (non-hydrogen) atoms. The quantitative estimate of drug-likeness (QED) is 0.254. The Morgan fingerprint density at radius 1 is 0.875 bits per heavy atom. The van der Waals surface area contributed by atoms with Crippen molar-refractivity contribution in [2.75, 3.05) is 43.4 Å². The molecule has 0 saturated carbocycles. The smallest absolute Gasteiger partial charge is 0.187 e. The normalized spacial score (nSPS) is 16.4. The van der Waals surface area contributed by atoms with Crippen LogP contribution in [0.15, 0.2) is 85.3 Å². The summed E-state index contributed by atoms with van der Waals surface area (Å²) in [6.07, 6.45) is 7.92. The fourth-order valence-electron chi connectivity index (χ4n) is 5.34. The molecule has 200 valence electrons. The van der Waals surface area contributed by atoms with Crippen LogP contribution in [0.3, 0.4) is 0 Å². The molecule has 1 fully saturated rings. The number of aryl methyl sites for hydroxylation is 1. The Hall–Kier alpha value is -4.27. The second-order valence-electron chi connectivity index (χ2n) is 10.3. The molecule has 1 saturated heterocycles. The minimum Gasteiger partial charge on any atom is -0.457 e. The van der Waals surface area contributed by atoms with E-state index in [0.717, 1.165) is 82.9 Å². The highest BCUT2D eigenvalue weighted by molar-refractivity contribution is 7.22. The maximum atomic E-state index is 6.27. The summed E-state index contributed by atoms with van der Waals surface area (Å²) in [5, 5.41) is 4.31. The molecule has 0 amide bonds. The molecule has 7 nitrogen and oxygen atoms in total. The van der Waals surface area contributed by atoms with Gasteiger partial charge in [0.15, 0.2) is 5.13 Å². The van der Waals surface area contributed by atoms with Crippen molar-refractivity contribution >= 4 is 38.1 Å². The predicted octanol–water partition coefficient (Wildman–Crippen LogP) is 6.70. The number of likely N-dealkylation sites (N-methyl/N-ethyl adjacent to an activating group) is 1. The van der Waals surface area contributed by atoms with E-state index in [0.29, 0.717) is 0 Å². The molecule has 0 radical (unpaired) electrons. The molecule has 2 aromatic carbocycles. The highest BCUT2D eigenvalue weighted by atomic mass is 32.1. The van der Waals surface area contributed by atoms with Crippen molar-refractivity contribution < 1.29 is 4.74 Å². The maximum Gasteiger partial charge on any atom is 0.187 e. The standard InChI is InChI=1S/C32H30N6OS/c1-37-14-16-38(17-15-37)31-18-23(10-12-34-31)29-19-26(11-13-33-29)39-25-8-9-28-30(20-25)40-32(36-28)35-21-24-7-6-22-4-2-3-5-27(22)24/h2-5,8-13,18-21H,6-7,14-17H2,1H3,(H,35,36). The molecular weight excluding hydrogens is 516 g/mol. The van der Waals surface area contributed by atoms with Crippen molar-refractivity contribution in [3.05, 3.63) is 96.5 Å². The monoisotopic (exact) mass is 546 g/mol. The van der Waals surface area contributed by atoms with Crippen molar-refractivity contribution in [1.29, 1.82) is 0 Å². The van der Waals surface area contributed by atoms with Gasteiger partial charge in [-0.15, -0.1) is 0 Å². The first kappa shape index (κ1) is 24.7. The third-order valence-corrected chi connectivity index (χ3v) is 8.54. The van der Waals surface area contributed by atoms with Gasteiger partial charge in [-0.1, -0.05) is 35.6 Å². The van der Waals surface area contributed by atoms with Crippen LogP contribution >= 0.6 is 11.3 Å². The van der Waals surface area contributed by atoms with Crippen LogP contribution in [-0.4, -0.2) is 53.1 Å². The molecule has 7 rings (SSSR count). The van der Waals surface area contributed by atoms with Crippen LogP contribution in [0.2, 0.25) is 0 Å². The van der Waals surface area contributed by atoms with Gasteiger partial charge in [-0.05, 0) is 66.9 Å². The number of anilines is 2. The van der Waals surface area contributed by atoms with E-state index in [1.54, 1.807) is 17.5 Å². The van der Waals surface area contributed by atoms with Crippen LogP contribution < -0.4 is 15.0 Å². The Labute approximate surface area is 237 Å².